The SMILES string of the molecule is CC(C)NC(=O)c1ccc2c(=O)n(-c3cccc(F)c3)c(SCc3ccccc3F)nc2c1. The number of amides is 1. The minimum atomic E-state index is -0.495. The van der Waals surface area contributed by atoms with E-state index in [-0.39, 0.29) is 34.1 Å². The molecule has 0 unspecified atom stereocenters. The van der Waals surface area contributed by atoms with Crippen LogP contribution in [0.5, 0.6) is 0 Å². The van der Waals surface area contributed by atoms with Crippen LogP contribution >= 0.6 is 11.8 Å². The van der Waals surface area contributed by atoms with Crippen LogP contribution in [0.25, 0.3) is 16.6 Å². The van der Waals surface area contributed by atoms with Crippen molar-refractivity contribution in [2.45, 2.75) is 30.8 Å². The van der Waals surface area contributed by atoms with Crippen LogP contribution in [-0.4, -0.2) is 21.5 Å². The van der Waals surface area contributed by atoms with E-state index in [1.807, 2.05) is 13.8 Å². The molecule has 3 aromatic carbocycles. The van der Waals surface area contributed by atoms with Crippen molar-refractivity contribution >= 4 is 28.6 Å². The van der Waals surface area contributed by atoms with Crippen LogP contribution < -0.4 is 10.9 Å². The van der Waals surface area contributed by atoms with Crippen molar-refractivity contribution in [3.05, 3.63) is 99.8 Å². The molecule has 0 saturated heterocycles. The van der Waals surface area contributed by atoms with Gasteiger partial charge in [0.05, 0.1) is 16.6 Å². The molecule has 1 N–H and O–H groups in total. The van der Waals surface area contributed by atoms with Gasteiger partial charge in [0, 0.05) is 17.4 Å². The van der Waals surface area contributed by atoms with E-state index in [9.17, 15) is 18.4 Å². The summed E-state index contributed by atoms with van der Waals surface area (Å²) in [5, 5.41) is 3.36. The Morgan fingerprint density at radius 1 is 1.06 bits per heavy atom. The lowest BCUT2D eigenvalue weighted by Crippen LogP contribution is -2.30. The third-order valence-electron chi connectivity index (χ3n) is 4.90. The highest BCUT2D eigenvalue weighted by atomic mass is 32.2. The lowest BCUT2D eigenvalue weighted by Gasteiger charge is -2.14. The maximum Gasteiger partial charge on any atom is 0.266 e. The summed E-state index contributed by atoms with van der Waals surface area (Å²) in [6, 6.07) is 16.6. The number of aromatic nitrogens is 2. The Labute approximate surface area is 193 Å². The van der Waals surface area contributed by atoms with Gasteiger partial charge in [0.15, 0.2) is 5.16 Å². The molecule has 0 aliphatic rings. The highest BCUT2D eigenvalue weighted by Gasteiger charge is 2.17. The fourth-order valence-corrected chi connectivity index (χ4v) is 4.35. The van der Waals surface area contributed by atoms with Crippen molar-refractivity contribution in [1.82, 2.24) is 14.9 Å². The summed E-state index contributed by atoms with van der Waals surface area (Å²) in [4.78, 5) is 30.5. The van der Waals surface area contributed by atoms with Gasteiger partial charge in [0.2, 0.25) is 0 Å². The number of hydrogen-bond donors (Lipinski definition) is 1. The second-order valence-electron chi connectivity index (χ2n) is 7.75. The van der Waals surface area contributed by atoms with Gasteiger partial charge in [-0.1, -0.05) is 36.0 Å². The van der Waals surface area contributed by atoms with Crippen LogP contribution in [0.15, 0.2) is 76.7 Å². The predicted molar refractivity (Wildman–Crippen MR) is 126 cm³/mol. The third kappa shape index (κ3) is 4.96. The first-order chi connectivity index (χ1) is 15.8. The largest absolute Gasteiger partial charge is 0.350 e. The second-order valence-corrected chi connectivity index (χ2v) is 8.70. The highest BCUT2D eigenvalue weighted by molar-refractivity contribution is 7.98. The van der Waals surface area contributed by atoms with E-state index in [4.69, 9.17) is 0 Å². The van der Waals surface area contributed by atoms with Crippen LogP contribution in [0.2, 0.25) is 0 Å². The molecule has 0 radical (unpaired) electrons. The van der Waals surface area contributed by atoms with Gasteiger partial charge in [-0.2, -0.15) is 0 Å². The Morgan fingerprint density at radius 3 is 2.58 bits per heavy atom. The van der Waals surface area contributed by atoms with Crippen LogP contribution in [0.3, 0.4) is 0 Å². The van der Waals surface area contributed by atoms with E-state index in [0.717, 1.165) is 11.8 Å². The quantitative estimate of drug-likeness (QED) is 0.318. The van der Waals surface area contributed by atoms with E-state index in [2.05, 4.69) is 10.3 Å². The molecule has 0 atom stereocenters. The molecule has 168 valence electrons. The van der Waals surface area contributed by atoms with Gasteiger partial charge in [-0.3, -0.25) is 14.2 Å². The van der Waals surface area contributed by atoms with Gasteiger partial charge >= 0.3 is 0 Å². The molecule has 0 aliphatic carbocycles. The molecule has 8 heteroatoms. The number of nitrogens with one attached hydrogen (secondary N) is 1. The number of thioether (sulfide) groups is 1. The Hall–Kier alpha value is -3.52. The predicted octanol–water partition coefficient (Wildman–Crippen LogP) is 5.09. The fraction of sp³-hybridized carbons (Fsp3) is 0.160. The first-order valence-corrected chi connectivity index (χ1v) is 11.3. The van der Waals surface area contributed by atoms with Crippen LogP contribution in [0.4, 0.5) is 8.78 Å². The summed E-state index contributed by atoms with van der Waals surface area (Å²) in [5.41, 5.74) is 1.06. The van der Waals surface area contributed by atoms with E-state index in [0.29, 0.717) is 22.3 Å². The van der Waals surface area contributed by atoms with Crippen LogP contribution in [0.1, 0.15) is 29.8 Å². The Bertz CT molecular complexity index is 1400. The number of carbonyl (C=O) groups is 1. The monoisotopic (exact) mass is 465 g/mol. The van der Waals surface area contributed by atoms with Crippen LogP contribution in [0, 0.1) is 11.6 Å². The summed E-state index contributed by atoms with van der Waals surface area (Å²) in [6.07, 6.45) is 0. The molecule has 0 saturated carbocycles. The standard InChI is InChI=1S/C25H21F2N3O2S/c1-15(2)28-23(31)16-10-11-20-22(12-16)29-25(33-14-17-6-3-4-9-21(17)27)30(24(20)32)19-8-5-7-18(26)13-19/h3-13,15H,14H2,1-2H3,(H,28,31). The van der Waals surface area contributed by atoms with Crippen molar-refractivity contribution in [3.8, 4) is 5.69 Å². The van der Waals surface area contributed by atoms with Gasteiger partial charge in [0.25, 0.3) is 11.5 Å². The Morgan fingerprint density at radius 2 is 1.85 bits per heavy atom. The Balaban J connectivity index is 1.85. The van der Waals surface area contributed by atoms with Crippen molar-refractivity contribution in [2.75, 3.05) is 0 Å². The smallest absolute Gasteiger partial charge is 0.266 e. The zero-order valence-electron chi connectivity index (χ0n) is 18.0. The molecule has 1 heterocycles. The van der Waals surface area contributed by atoms with E-state index in [1.165, 1.54) is 28.8 Å². The normalized spacial score (nSPS) is 11.2. The van der Waals surface area contributed by atoms with Gasteiger partial charge in [0.1, 0.15) is 11.6 Å². The van der Waals surface area contributed by atoms with Gasteiger partial charge in [-0.05, 0) is 61.9 Å². The summed E-state index contributed by atoms with van der Waals surface area (Å²) in [7, 11) is 0. The number of hydrogen-bond acceptors (Lipinski definition) is 4. The number of fused-ring (bicyclic) bond motifs is 1. The van der Waals surface area contributed by atoms with Gasteiger partial charge in [-0.25, -0.2) is 13.8 Å². The molecule has 1 amide bonds. The second kappa shape index (κ2) is 9.54. The highest BCUT2D eigenvalue weighted by Crippen LogP contribution is 2.26. The lowest BCUT2D eigenvalue weighted by molar-refractivity contribution is 0.0943. The lowest BCUT2D eigenvalue weighted by atomic mass is 10.1. The first kappa shape index (κ1) is 22.7. The molecule has 0 fully saturated rings. The molecule has 33 heavy (non-hydrogen) atoms. The molecule has 1 aromatic heterocycles. The number of rotatable bonds is 6. The van der Waals surface area contributed by atoms with Crippen molar-refractivity contribution in [2.24, 2.45) is 0 Å². The van der Waals surface area contributed by atoms with E-state index in [1.54, 1.807) is 42.5 Å². The topological polar surface area (TPSA) is 64.0 Å². The number of nitrogens with zero attached hydrogens (tertiary/aromatic N) is 2. The maximum atomic E-state index is 14.2. The first-order valence-electron chi connectivity index (χ1n) is 10.3. The zero-order chi connectivity index (χ0) is 23.5. The van der Waals surface area contributed by atoms with Gasteiger partial charge < -0.3 is 5.32 Å². The minimum absolute atomic E-state index is 0.0472. The number of halogens is 2. The van der Waals surface area contributed by atoms with E-state index >= 15 is 0 Å². The third-order valence-corrected chi connectivity index (χ3v) is 5.89. The van der Waals surface area contributed by atoms with Crippen LogP contribution in [-0.2, 0) is 5.75 Å². The molecular weight excluding hydrogens is 444 g/mol. The summed E-state index contributed by atoms with van der Waals surface area (Å²) >= 11 is 1.16. The molecular formula is C25H21F2N3O2S. The summed E-state index contributed by atoms with van der Waals surface area (Å²) in [6.45, 7) is 3.71. The molecule has 4 rings (SSSR count). The molecule has 0 bridgehead atoms. The summed E-state index contributed by atoms with van der Waals surface area (Å²) in [5.74, 6) is -0.917. The Kier molecular flexibility index (Phi) is 6.55. The maximum absolute atomic E-state index is 14.2. The molecule has 4 aromatic rings. The van der Waals surface area contributed by atoms with Crippen molar-refractivity contribution in [3.63, 3.8) is 0 Å². The fourth-order valence-electron chi connectivity index (χ4n) is 3.35. The zero-order valence-corrected chi connectivity index (χ0v) is 18.8. The molecule has 0 spiro atoms. The minimum Gasteiger partial charge on any atom is -0.350 e. The molecule has 5 nitrogen and oxygen atoms in total. The number of carbonyl (C=O) groups excluding carboxylic acids is 1. The van der Waals surface area contributed by atoms with E-state index < -0.39 is 11.4 Å². The van der Waals surface area contributed by atoms with Crippen molar-refractivity contribution < 1.29 is 13.6 Å². The summed E-state index contributed by atoms with van der Waals surface area (Å²) < 4.78 is 29.4. The average molecular weight is 466 g/mol. The number of benzene rings is 3. The average Bonchev–Trinajstić information content (AvgIpc) is 2.78. The van der Waals surface area contributed by atoms with Crippen molar-refractivity contribution in [1.29, 1.82) is 0 Å². The molecule has 0 aliphatic heterocycles. The van der Waals surface area contributed by atoms with Gasteiger partial charge in [-0.15, -0.1) is 0 Å².